The molecule has 1 aliphatic heterocycles. The van der Waals surface area contributed by atoms with Crippen molar-refractivity contribution in [3.05, 3.63) is 27.7 Å². The number of hydrogen-bond acceptors (Lipinski definition) is 7. The van der Waals surface area contributed by atoms with Crippen LogP contribution in [0.4, 0.5) is 5.13 Å². The number of carbonyl (C=O) groups is 2. The number of primary amides is 1. The molecule has 1 unspecified atom stereocenters. The van der Waals surface area contributed by atoms with Crippen molar-refractivity contribution < 1.29 is 14.3 Å². The molecule has 1 atom stereocenters. The highest BCUT2D eigenvalue weighted by Crippen LogP contribution is 2.25. The SMILES string of the molecule is NC(=O)c1cnc(N(CC2CCCO2)C(=O)Cc2cscn2)s1. The van der Waals surface area contributed by atoms with Gasteiger partial charge in [-0.25, -0.2) is 9.97 Å². The van der Waals surface area contributed by atoms with Gasteiger partial charge in [-0.2, -0.15) is 0 Å². The van der Waals surface area contributed by atoms with Gasteiger partial charge in [0.1, 0.15) is 4.88 Å². The minimum Gasteiger partial charge on any atom is -0.376 e. The van der Waals surface area contributed by atoms with Crippen molar-refractivity contribution >= 4 is 39.6 Å². The number of amides is 2. The van der Waals surface area contributed by atoms with Crippen molar-refractivity contribution in [2.24, 2.45) is 5.73 Å². The molecule has 0 aromatic carbocycles. The van der Waals surface area contributed by atoms with Crippen LogP contribution in [-0.2, 0) is 16.0 Å². The highest BCUT2D eigenvalue weighted by atomic mass is 32.1. The lowest BCUT2D eigenvalue weighted by molar-refractivity contribution is -0.118. The molecule has 2 amide bonds. The summed E-state index contributed by atoms with van der Waals surface area (Å²) in [7, 11) is 0. The molecule has 23 heavy (non-hydrogen) atoms. The van der Waals surface area contributed by atoms with Crippen LogP contribution in [-0.4, -0.2) is 41.0 Å². The topological polar surface area (TPSA) is 98.4 Å². The Hall–Kier alpha value is -1.84. The fourth-order valence-electron chi connectivity index (χ4n) is 2.36. The van der Waals surface area contributed by atoms with E-state index in [1.54, 1.807) is 10.4 Å². The third kappa shape index (κ3) is 3.92. The summed E-state index contributed by atoms with van der Waals surface area (Å²) in [4.78, 5) is 34.2. The zero-order valence-electron chi connectivity index (χ0n) is 12.3. The van der Waals surface area contributed by atoms with E-state index in [2.05, 4.69) is 9.97 Å². The fraction of sp³-hybridized carbons (Fsp3) is 0.429. The quantitative estimate of drug-likeness (QED) is 0.848. The van der Waals surface area contributed by atoms with Gasteiger partial charge >= 0.3 is 0 Å². The lowest BCUT2D eigenvalue weighted by Crippen LogP contribution is -2.38. The Morgan fingerprint density at radius 1 is 1.43 bits per heavy atom. The average Bonchev–Trinajstić information content (AvgIpc) is 3.26. The maximum atomic E-state index is 12.7. The van der Waals surface area contributed by atoms with Gasteiger partial charge in [0.15, 0.2) is 5.13 Å². The number of ether oxygens (including phenoxy) is 1. The van der Waals surface area contributed by atoms with Crippen molar-refractivity contribution in [3.63, 3.8) is 0 Å². The number of nitrogens with two attached hydrogens (primary N) is 1. The molecular weight excluding hydrogens is 336 g/mol. The molecular formula is C14H16N4O3S2. The molecule has 2 N–H and O–H groups in total. The molecule has 3 heterocycles. The number of thiazole rings is 2. The summed E-state index contributed by atoms with van der Waals surface area (Å²) in [5.41, 5.74) is 7.69. The summed E-state index contributed by atoms with van der Waals surface area (Å²) in [5.74, 6) is -0.658. The molecule has 9 heteroatoms. The van der Waals surface area contributed by atoms with Crippen molar-refractivity contribution in [1.82, 2.24) is 9.97 Å². The maximum absolute atomic E-state index is 12.7. The summed E-state index contributed by atoms with van der Waals surface area (Å²) < 4.78 is 5.62. The van der Waals surface area contributed by atoms with E-state index in [9.17, 15) is 9.59 Å². The molecule has 3 rings (SSSR count). The largest absolute Gasteiger partial charge is 0.376 e. The van der Waals surface area contributed by atoms with E-state index in [1.807, 2.05) is 5.38 Å². The standard InChI is InChI=1S/C14H16N4O3S2/c15-13(20)11-5-16-14(23-11)18(6-10-2-1-3-21-10)12(19)4-9-7-22-8-17-9/h5,7-8,10H,1-4,6H2,(H2,15,20). The lowest BCUT2D eigenvalue weighted by atomic mass is 10.2. The van der Waals surface area contributed by atoms with Gasteiger partial charge in [-0.15, -0.1) is 11.3 Å². The zero-order valence-corrected chi connectivity index (χ0v) is 13.9. The molecule has 7 nitrogen and oxygen atoms in total. The highest BCUT2D eigenvalue weighted by Gasteiger charge is 2.26. The number of carbonyl (C=O) groups excluding carboxylic acids is 2. The van der Waals surface area contributed by atoms with E-state index in [-0.39, 0.29) is 18.4 Å². The van der Waals surface area contributed by atoms with E-state index >= 15 is 0 Å². The Morgan fingerprint density at radius 3 is 2.91 bits per heavy atom. The van der Waals surface area contributed by atoms with Gasteiger partial charge in [0.25, 0.3) is 5.91 Å². The van der Waals surface area contributed by atoms with E-state index in [4.69, 9.17) is 10.5 Å². The second-order valence-corrected chi connectivity index (χ2v) is 6.90. The second-order valence-electron chi connectivity index (χ2n) is 5.17. The van der Waals surface area contributed by atoms with Crippen LogP contribution >= 0.6 is 22.7 Å². The average molecular weight is 352 g/mol. The summed E-state index contributed by atoms with van der Waals surface area (Å²) in [6, 6.07) is 0. The first-order valence-corrected chi connectivity index (χ1v) is 8.94. The Morgan fingerprint density at radius 2 is 2.30 bits per heavy atom. The third-order valence-electron chi connectivity index (χ3n) is 3.49. The molecule has 0 bridgehead atoms. The predicted octanol–water partition coefficient (Wildman–Crippen LogP) is 1.45. The Balaban J connectivity index is 1.79. The number of anilines is 1. The maximum Gasteiger partial charge on any atom is 0.260 e. The van der Waals surface area contributed by atoms with Gasteiger partial charge in [0.2, 0.25) is 5.91 Å². The molecule has 2 aromatic heterocycles. The number of rotatable bonds is 6. The van der Waals surface area contributed by atoms with Crippen LogP contribution in [0.1, 0.15) is 28.2 Å². The van der Waals surface area contributed by atoms with E-state index in [1.165, 1.54) is 17.5 Å². The second kappa shape index (κ2) is 7.16. The molecule has 122 valence electrons. The van der Waals surface area contributed by atoms with Gasteiger partial charge in [0.05, 0.1) is 36.5 Å². The van der Waals surface area contributed by atoms with Gasteiger partial charge in [-0.1, -0.05) is 11.3 Å². The predicted molar refractivity (Wildman–Crippen MR) is 87.8 cm³/mol. The first kappa shape index (κ1) is 16.0. The Bertz CT molecular complexity index is 680. The van der Waals surface area contributed by atoms with Gasteiger partial charge < -0.3 is 10.5 Å². The van der Waals surface area contributed by atoms with Crippen molar-refractivity contribution in [1.29, 1.82) is 0 Å². The van der Waals surface area contributed by atoms with Crippen LogP contribution in [0.15, 0.2) is 17.1 Å². The molecule has 0 spiro atoms. The van der Waals surface area contributed by atoms with Crippen molar-refractivity contribution in [3.8, 4) is 0 Å². The first-order valence-electron chi connectivity index (χ1n) is 7.18. The first-order chi connectivity index (χ1) is 11.1. The third-order valence-corrected chi connectivity index (χ3v) is 5.16. The lowest BCUT2D eigenvalue weighted by Gasteiger charge is -2.22. The molecule has 0 aliphatic carbocycles. The molecule has 2 aromatic rings. The summed E-state index contributed by atoms with van der Waals surface area (Å²) in [5, 5.41) is 2.31. The van der Waals surface area contributed by atoms with Crippen LogP contribution in [0.5, 0.6) is 0 Å². The monoisotopic (exact) mass is 352 g/mol. The van der Waals surface area contributed by atoms with Gasteiger partial charge in [-0.05, 0) is 12.8 Å². The molecule has 0 saturated carbocycles. The summed E-state index contributed by atoms with van der Waals surface area (Å²) >= 11 is 2.57. The van der Waals surface area contributed by atoms with E-state index in [0.29, 0.717) is 23.2 Å². The van der Waals surface area contributed by atoms with E-state index in [0.717, 1.165) is 29.9 Å². The molecule has 1 fully saturated rings. The normalized spacial score (nSPS) is 17.3. The Labute approximate surface area is 141 Å². The highest BCUT2D eigenvalue weighted by molar-refractivity contribution is 7.17. The van der Waals surface area contributed by atoms with Crippen LogP contribution < -0.4 is 10.6 Å². The fourth-order valence-corrected chi connectivity index (χ4v) is 3.71. The van der Waals surface area contributed by atoms with Crippen LogP contribution in [0.25, 0.3) is 0 Å². The number of hydrogen-bond donors (Lipinski definition) is 1. The number of aromatic nitrogens is 2. The minimum absolute atomic E-state index is 0.00434. The van der Waals surface area contributed by atoms with Crippen LogP contribution in [0.2, 0.25) is 0 Å². The zero-order chi connectivity index (χ0) is 16.2. The van der Waals surface area contributed by atoms with Crippen LogP contribution in [0, 0.1) is 0 Å². The number of nitrogens with zero attached hydrogens (tertiary/aromatic N) is 3. The van der Waals surface area contributed by atoms with Gasteiger partial charge in [-0.3, -0.25) is 14.5 Å². The smallest absolute Gasteiger partial charge is 0.260 e. The molecule has 1 aliphatic rings. The van der Waals surface area contributed by atoms with Crippen molar-refractivity contribution in [2.75, 3.05) is 18.1 Å². The van der Waals surface area contributed by atoms with E-state index < -0.39 is 5.91 Å². The van der Waals surface area contributed by atoms with Gasteiger partial charge in [0, 0.05) is 12.0 Å². The Kier molecular flexibility index (Phi) is 4.99. The summed E-state index contributed by atoms with van der Waals surface area (Å²) in [6.07, 6.45) is 3.50. The molecule has 1 saturated heterocycles. The summed E-state index contributed by atoms with van der Waals surface area (Å²) in [6.45, 7) is 1.14. The minimum atomic E-state index is -0.544. The molecule has 0 radical (unpaired) electrons. The van der Waals surface area contributed by atoms with Crippen molar-refractivity contribution in [2.45, 2.75) is 25.4 Å². The van der Waals surface area contributed by atoms with Crippen LogP contribution in [0.3, 0.4) is 0 Å².